The van der Waals surface area contributed by atoms with Crippen molar-refractivity contribution in [3.8, 4) is 5.69 Å². The number of carboxylic acid groups (broad SMARTS) is 1. The number of aromatic nitrogens is 2. The van der Waals surface area contributed by atoms with Crippen molar-refractivity contribution in [2.24, 2.45) is 0 Å². The number of non-ortho nitro benzene ring substituents is 1. The maximum absolute atomic E-state index is 12.1. The molecule has 1 aromatic carbocycles. The molecule has 2 N–H and O–H groups in total. The van der Waals surface area contributed by atoms with Gasteiger partial charge in [0.2, 0.25) is 0 Å². The topological polar surface area (TPSA) is 127 Å². The van der Waals surface area contributed by atoms with Gasteiger partial charge in [-0.15, -0.1) is 0 Å². The first-order valence-corrected chi connectivity index (χ1v) is 8.27. The minimum absolute atomic E-state index is 0.0118. The van der Waals surface area contributed by atoms with Gasteiger partial charge in [0.05, 0.1) is 22.4 Å². The molecule has 1 amide bonds. The highest BCUT2D eigenvalue weighted by Crippen LogP contribution is 2.15. The molecule has 9 heteroatoms. The van der Waals surface area contributed by atoms with E-state index in [2.05, 4.69) is 10.4 Å². The molecule has 0 spiro atoms. The number of amides is 1. The zero-order valence-corrected chi connectivity index (χ0v) is 14.1. The number of benzene rings is 1. The molecule has 138 valence electrons. The average Bonchev–Trinajstić information content (AvgIpc) is 3.10. The summed E-state index contributed by atoms with van der Waals surface area (Å²) in [6.45, 7) is 0.509. The van der Waals surface area contributed by atoms with Crippen molar-refractivity contribution in [3.05, 3.63) is 52.3 Å². The Balaban J connectivity index is 1.78. The third-order valence-corrected chi connectivity index (χ3v) is 3.77. The maximum Gasteiger partial charge on any atom is 0.303 e. The Morgan fingerprint density at radius 3 is 2.50 bits per heavy atom. The summed E-state index contributed by atoms with van der Waals surface area (Å²) in [6.07, 6.45) is 6.27. The van der Waals surface area contributed by atoms with Crippen LogP contribution in [0.5, 0.6) is 0 Å². The number of carbonyl (C=O) groups is 2. The van der Waals surface area contributed by atoms with Crippen LogP contribution in [0.2, 0.25) is 0 Å². The summed E-state index contributed by atoms with van der Waals surface area (Å²) in [6, 6.07) is 5.87. The summed E-state index contributed by atoms with van der Waals surface area (Å²) < 4.78 is 1.48. The minimum atomic E-state index is -0.789. The first-order valence-electron chi connectivity index (χ1n) is 8.27. The molecule has 0 radical (unpaired) electrons. The molecule has 2 aromatic rings. The Morgan fingerprint density at radius 1 is 1.15 bits per heavy atom. The number of nitro benzene ring substituents is 1. The summed E-state index contributed by atoms with van der Waals surface area (Å²) in [5.41, 5.74) is 1.00. The minimum Gasteiger partial charge on any atom is -0.481 e. The Labute approximate surface area is 149 Å². The molecule has 0 bridgehead atoms. The number of nitrogens with zero attached hydrogens (tertiary/aromatic N) is 3. The number of hydrogen-bond donors (Lipinski definition) is 2. The summed E-state index contributed by atoms with van der Waals surface area (Å²) in [7, 11) is 0. The number of nitrogens with one attached hydrogen (secondary N) is 1. The standard InChI is InChI=1S/C17H20N4O5/c22-16(23)5-3-1-2-4-10-18-17(24)13-11-19-20(12-13)14-6-8-15(9-7-14)21(25)26/h6-9,11-12H,1-5,10H2,(H,18,24)(H,22,23). The van der Waals surface area contributed by atoms with E-state index >= 15 is 0 Å². The molecule has 26 heavy (non-hydrogen) atoms. The lowest BCUT2D eigenvalue weighted by molar-refractivity contribution is -0.384. The number of rotatable bonds is 10. The van der Waals surface area contributed by atoms with E-state index in [-0.39, 0.29) is 18.0 Å². The highest BCUT2D eigenvalue weighted by Gasteiger charge is 2.10. The molecule has 0 aliphatic heterocycles. The van der Waals surface area contributed by atoms with Crippen LogP contribution in [0.1, 0.15) is 42.5 Å². The van der Waals surface area contributed by atoms with Crippen LogP contribution in [0.3, 0.4) is 0 Å². The second kappa shape index (κ2) is 9.30. The van der Waals surface area contributed by atoms with Crippen molar-refractivity contribution in [2.75, 3.05) is 6.54 Å². The largest absolute Gasteiger partial charge is 0.481 e. The molecule has 2 rings (SSSR count). The van der Waals surface area contributed by atoms with Crippen LogP contribution in [0.4, 0.5) is 5.69 Å². The van der Waals surface area contributed by atoms with Gasteiger partial charge < -0.3 is 10.4 Å². The number of carbonyl (C=O) groups excluding carboxylic acids is 1. The second-order valence-corrected chi connectivity index (χ2v) is 5.76. The Morgan fingerprint density at radius 2 is 1.85 bits per heavy atom. The van der Waals surface area contributed by atoms with E-state index < -0.39 is 10.9 Å². The average molecular weight is 360 g/mol. The predicted octanol–water partition coefficient (Wildman–Crippen LogP) is 2.55. The highest BCUT2D eigenvalue weighted by atomic mass is 16.6. The van der Waals surface area contributed by atoms with Crippen LogP contribution in [-0.4, -0.2) is 38.2 Å². The van der Waals surface area contributed by atoms with Crippen molar-refractivity contribution >= 4 is 17.6 Å². The Bertz CT molecular complexity index is 770. The van der Waals surface area contributed by atoms with Gasteiger partial charge in [0.25, 0.3) is 11.6 Å². The van der Waals surface area contributed by atoms with Gasteiger partial charge in [0.1, 0.15) is 0 Å². The lowest BCUT2D eigenvalue weighted by Gasteiger charge is -2.03. The molecule has 0 saturated carbocycles. The zero-order chi connectivity index (χ0) is 18.9. The van der Waals surface area contributed by atoms with E-state index in [1.54, 1.807) is 18.3 Å². The first kappa shape index (κ1) is 19.1. The molecule has 0 saturated heterocycles. The molecule has 1 heterocycles. The van der Waals surface area contributed by atoms with E-state index in [9.17, 15) is 19.7 Å². The molecule has 0 fully saturated rings. The van der Waals surface area contributed by atoms with Gasteiger partial charge in [0.15, 0.2) is 0 Å². The zero-order valence-electron chi connectivity index (χ0n) is 14.1. The SMILES string of the molecule is O=C(O)CCCCCCNC(=O)c1cnn(-c2ccc([N+](=O)[O-])cc2)c1. The molecular formula is C17H20N4O5. The van der Waals surface area contributed by atoms with Gasteiger partial charge in [-0.1, -0.05) is 12.8 Å². The molecular weight excluding hydrogens is 340 g/mol. The van der Waals surface area contributed by atoms with Crippen molar-refractivity contribution in [3.63, 3.8) is 0 Å². The fourth-order valence-electron chi connectivity index (χ4n) is 2.37. The molecule has 0 aliphatic carbocycles. The van der Waals surface area contributed by atoms with E-state index in [4.69, 9.17) is 5.11 Å². The number of hydrogen-bond acceptors (Lipinski definition) is 5. The number of aliphatic carboxylic acids is 1. The third kappa shape index (κ3) is 5.69. The van der Waals surface area contributed by atoms with Crippen LogP contribution in [0.15, 0.2) is 36.7 Å². The van der Waals surface area contributed by atoms with Gasteiger partial charge in [-0.2, -0.15) is 5.10 Å². The first-order chi connectivity index (χ1) is 12.5. The summed E-state index contributed by atoms with van der Waals surface area (Å²) >= 11 is 0. The van der Waals surface area contributed by atoms with Gasteiger partial charge in [-0.25, -0.2) is 4.68 Å². The fourth-order valence-corrected chi connectivity index (χ4v) is 2.37. The number of carboxylic acids is 1. The lowest BCUT2D eigenvalue weighted by atomic mass is 10.1. The van der Waals surface area contributed by atoms with E-state index in [0.29, 0.717) is 24.2 Å². The number of unbranched alkanes of at least 4 members (excludes halogenated alkanes) is 3. The maximum atomic E-state index is 12.1. The van der Waals surface area contributed by atoms with Crippen molar-refractivity contribution in [1.29, 1.82) is 0 Å². The van der Waals surface area contributed by atoms with E-state index in [1.807, 2.05) is 0 Å². The van der Waals surface area contributed by atoms with Crippen molar-refractivity contribution < 1.29 is 19.6 Å². The monoisotopic (exact) mass is 360 g/mol. The van der Waals surface area contributed by atoms with Crippen molar-refractivity contribution in [1.82, 2.24) is 15.1 Å². The fraction of sp³-hybridized carbons (Fsp3) is 0.353. The quantitative estimate of drug-likeness (QED) is 0.381. The van der Waals surface area contributed by atoms with Crippen LogP contribution >= 0.6 is 0 Å². The van der Waals surface area contributed by atoms with Gasteiger partial charge in [-0.3, -0.25) is 19.7 Å². The lowest BCUT2D eigenvalue weighted by Crippen LogP contribution is -2.24. The number of nitro groups is 1. The molecule has 0 aliphatic rings. The van der Waals surface area contributed by atoms with Crippen LogP contribution in [0, 0.1) is 10.1 Å². The highest BCUT2D eigenvalue weighted by molar-refractivity contribution is 5.93. The summed E-state index contributed by atoms with van der Waals surface area (Å²) in [4.78, 5) is 32.7. The van der Waals surface area contributed by atoms with Crippen molar-refractivity contribution in [2.45, 2.75) is 32.1 Å². The van der Waals surface area contributed by atoms with Gasteiger partial charge in [-0.05, 0) is 25.0 Å². The van der Waals surface area contributed by atoms with Crippen LogP contribution in [-0.2, 0) is 4.79 Å². The predicted molar refractivity (Wildman–Crippen MR) is 93.3 cm³/mol. The van der Waals surface area contributed by atoms with Gasteiger partial charge in [0, 0.05) is 31.3 Å². The summed E-state index contributed by atoms with van der Waals surface area (Å²) in [5.74, 6) is -1.04. The normalized spacial score (nSPS) is 10.5. The van der Waals surface area contributed by atoms with Crippen LogP contribution < -0.4 is 5.32 Å². The van der Waals surface area contributed by atoms with Gasteiger partial charge >= 0.3 is 5.97 Å². The van der Waals surface area contributed by atoms with Crippen LogP contribution in [0.25, 0.3) is 5.69 Å². The Kier molecular flexibility index (Phi) is 6.84. The Hall–Kier alpha value is -3.23. The molecule has 9 nitrogen and oxygen atoms in total. The second-order valence-electron chi connectivity index (χ2n) is 5.76. The van der Waals surface area contributed by atoms with E-state index in [0.717, 1.165) is 19.3 Å². The van der Waals surface area contributed by atoms with E-state index in [1.165, 1.54) is 23.0 Å². The molecule has 0 atom stereocenters. The summed E-state index contributed by atoms with van der Waals surface area (Å²) in [5, 5.41) is 26.1. The molecule has 0 unspecified atom stereocenters. The molecule has 1 aromatic heterocycles. The third-order valence-electron chi connectivity index (χ3n) is 3.77. The smallest absolute Gasteiger partial charge is 0.303 e.